The Bertz CT molecular complexity index is 1110. The van der Waals surface area contributed by atoms with Crippen molar-refractivity contribution in [3.05, 3.63) is 59.7 Å². The zero-order chi connectivity index (χ0) is 27.7. The Morgan fingerprint density at radius 1 is 1.00 bits per heavy atom. The second-order valence-corrected chi connectivity index (χ2v) is 10.7. The van der Waals surface area contributed by atoms with Crippen LogP contribution < -0.4 is 14.4 Å². The first kappa shape index (κ1) is 29.3. The number of benzene rings is 2. The number of likely N-dealkylation sites (N-methyl/N-ethyl adjacent to an activating group) is 1. The molecule has 4 rings (SSSR count). The monoisotopic (exact) mass is 520 g/mol. The number of nitrogens with zero attached hydrogens (tertiary/aromatic N) is 2. The van der Waals surface area contributed by atoms with Crippen molar-refractivity contribution in [3.63, 3.8) is 0 Å². The molecule has 6 nitrogen and oxygen atoms in total. The summed E-state index contributed by atoms with van der Waals surface area (Å²) in [7, 11) is 5.12. The van der Waals surface area contributed by atoms with Crippen LogP contribution in [0, 0.1) is 5.92 Å². The first-order valence-electron chi connectivity index (χ1n) is 13.7. The number of carbonyl (C=O) groups is 2. The molecule has 1 saturated carbocycles. The summed E-state index contributed by atoms with van der Waals surface area (Å²) in [5.41, 5.74) is 1.75. The van der Waals surface area contributed by atoms with Crippen LogP contribution in [0.25, 0.3) is 6.08 Å². The predicted octanol–water partition coefficient (Wildman–Crippen LogP) is 6.17. The van der Waals surface area contributed by atoms with E-state index >= 15 is 0 Å². The third-order valence-corrected chi connectivity index (χ3v) is 7.85. The molecular weight excluding hydrogens is 476 g/mol. The van der Waals surface area contributed by atoms with Crippen LogP contribution in [0.1, 0.15) is 64.0 Å². The predicted molar refractivity (Wildman–Crippen MR) is 155 cm³/mol. The highest BCUT2D eigenvalue weighted by Crippen LogP contribution is 2.40. The van der Waals surface area contributed by atoms with Gasteiger partial charge >= 0.3 is 0 Å². The number of methoxy groups -OCH3 is 2. The molecule has 38 heavy (non-hydrogen) atoms. The first-order valence-corrected chi connectivity index (χ1v) is 13.7. The van der Waals surface area contributed by atoms with Gasteiger partial charge in [-0.3, -0.25) is 9.59 Å². The van der Waals surface area contributed by atoms with Crippen molar-refractivity contribution >= 4 is 23.5 Å². The van der Waals surface area contributed by atoms with E-state index in [0.29, 0.717) is 24.6 Å². The van der Waals surface area contributed by atoms with E-state index in [1.165, 1.54) is 37.3 Å². The van der Waals surface area contributed by atoms with Crippen LogP contribution in [0.4, 0.5) is 5.69 Å². The minimum atomic E-state index is -0.997. The van der Waals surface area contributed by atoms with Crippen LogP contribution in [-0.2, 0) is 16.0 Å². The number of aryl methyl sites for hydroxylation is 1. The van der Waals surface area contributed by atoms with E-state index in [-0.39, 0.29) is 11.7 Å². The second kappa shape index (κ2) is 13.5. The van der Waals surface area contributed by atoms with Crippen LogP contribution in [0.3, 0.4) is 0 Å². The molecule has 0 bridgehead atoms. The summed E-state index contributed by atoms with van der Waals surface area (Å²) in [6, 6.07) is 13.8. The summed E-state index contributed by atoms with van der Waals surface area (Å²) < 4.78 is 11.1. The molecule has 0 saturated heterocycles. The number of ketones is 1. The van der Waals surface area contributed by atoms with E-state index < -0.39 is 5.54 Å². The van der Waals surface area contributed by atoms with Crippen molar-refractivity contribution in [3.8, 4) is 11.5 Å². The van der Waals surface area contributed by atoms with Gasteiger partial charge in [-0.15, -0.1) is 0 Å². The van der Waals surface area contributed by atoms with E-state index in [9.17, 15) is 9.59 Å². The quantitative estimate of drug-likeness (QED) is 0.437. The lowest BCUT2D eigenvalue weighted by atomic mass is 9.92. The fourth-order valence-corrected chi connectivity index (χ4v) is 5.46. The number of amides is 1. The van der Waals surface area contributed by atoms with Crippen LogP contribution in [0.15, 0.2) is 48.5 Å². The standard InChI is InChI=1S/C26H32N2O4.C6H12/c1-19(29)26(2)18-27(3)25-21(22(31-4)14-15-23(25)32-5)13-16-24(30)28(26)17-9-12-20-10-7-6-8-11-20;1-6-4-2-3-5-6/h6-8,10-11,13-16H,9,12,17-18H2,1-5H3;6H,2-5H2,1H3/b16-13+;. The normalized spacial score (nSPS) is 20.4. The van der Waals surface area contributed by atoms with Crippen molar-refractivity contribution in [2.45, 2.75) is 64.8 Å². The molecule has 1 aliphatic heterocycles. The Labute approximate surface area is 228 Å². The Morgan fingerprint density at radius 3 is 2.18 bits per heavy atom. The summed E-state index contributed by atoms with van der Waals surface area (Å²) in [6.45, 7) is 6.55. The number of rotatable bonds is 7. The van der Waals surface area contributed by atoms with Gasteiger partial charge in [-0.2, -0.15) is 0 Å². The molecule has 2 aromatic carbocycles. The highest BCUT2D eigenvalue weighted by Gasteiger charge is 2.41. The summed E-state index contributed by atoms with van der Waals surface area (Å²) in [6.07, 6.45) is 10.8. The molecule has 206 valence electrons. The van der Waals surface area contributed by atoms with Crippen LogP contribution >= 0.6 is 0 Å². The average Bonchev–Trinajstić information content (AvgIpc) is 3.41. The molecule has 1 amide bonds. The van der Waals surface area contributed by atoms with Gasteiger partial charge in [-0.25, -0.2) is 0 Å². The fraction of sp³-hybridized carbons (Fsp3) is 0.500. The van der Waals surface area contributed by atoms with E-state index in [0.717, 1.165) is 30.0 Å². The molecule has 1 atom stereocenters. The number of anilines is 1. The fourth-order valence-electron chi connectivity index (χ4n) is 5.46. The number of fused-ring (bicyclic) bond motifs is 1. The zero-order valence-electron chi connectivity index (χ0n) is 24.0. The number of Topliss-reactive ketones (excluding diaryl/α,β-unsaturated/α-hetero) is 1. The smallest absolute Gasteiger partial charge is 0.247 e. The molecule has 0 radical (unpaired) electrons. The lowest BCUT2D eigenvalue weighted by molar-refractivity contribution is -0.140. The van der Waals surface area contributed by atoms with Gasteiger partial charge in [0.2, 0.25) is 5.91 Å². The number of hydrogen-bond acceptors (Lipinski definition) is 5. The maximum absolute atomic E-state index is 13.3. The summed E-state index contributed by atoms with van der Waals surface area (Å²) in [5, 5.41) is 0. The van der Waals surface area contributed by atoms with Gasteiger partial charge in [0.25, 0.3) is 0 Å². The maximum Gasteiger partial charge on any atom is 0.247 e. The highest BCUT2D eigenvalue weighted by molar-refractivity contribution is 5.99. The average molecular weight is 521 g/mol. The van der Waals surface area contributed by atoms with Crippen LogP contribution in [0.2, 0.25) is 0 Å². The van der Waals surface area contributed by atoms with Crippen molar-refractivity contribution in [2.75, 3.05) is 39.3 Å². The molecule has 6 heteroatoms. The van der Waals surface area contributed by atoms with Gasteiger partial charge in [-0.05, 0) is 56.4 Å². The lowest BCUT2D eigenvalue weighted by Crippen LogP contribution is -2.59. The third-order valence-electron chi connectivity index (χ3n) is 7.85. The Hall–Kier alpha value is -3.28. The molecule has 2 aliphatic rings. The largest absolute Gasteiger partial charge is 0.496 e. The van der Waals surface area contributed by atoms with Gasteiger partial charge in [-0.1, -0.05) is 62.9 Å². The third kappa shape index (κ3) is 6.97. The maximum atomic E-state index is 13.3. The van der Waals surface area contributed by atoms with Crippen LogP contribution in [-0.4, -0.2) is 56.5 Å². The molecule has 2 aromatic rings. The lowest BCUT2D eigenvalue weighted by Gasteiger charge is -2.42. The van der Waals surface area contributed by atoms with E-state index in [2.05, 4.69) is 19.1 Å². The molecule has 1 unspecified atom stereocenters. The molecular formula is C32H44N2O4. The topological polar surface area (TPSA) is 59.1 Å². The van der Waals surface area contributed by atoms with Gasteiger partial charge in [0, 0.05) is 31.8 Å². The summed E-state index contributed by atoms with van der Waals surface area (Å²) in [5.74, 6) is 2.09. The van der Waals surface area contributed by atoms with Crippen LogP contribution in [0.5, 0.6) is 11.5 Å². The van der Waals surface area contributed by atoms with Crippen molar-refractivity contribution < 1.29 is 19.1 Å². The van der Waals surface area contributed by atoms with Gasteiger partial charge < -0.3 is 19.3 Å². The minimum Gasteiger partial charge on any atom is -0.496 e. The molecule has 0 aromatic heterocycles. The minimum absolute atomic E-state index is 0.0591. The van der Waals surface area contributed by atoms with E-state index in [1.807, 2.05) is 49.2 Å². The zero-order valence-corrected chi connectivity index (χ0v) is 24.0. The molecule has 1 fully saturated rings. The summed E-state index contributed by atoms with van der Waals surface area (Å²) >= 11 is 0. The van der Waals surface area contributed by atoms with Gasteiger partial charge in [0.1, 0.15) is 17.0 Å². The number of ether oxygens (including phenoxy) is 2. The first-order chi connectivity index (χ1) is 18.2. The molecule has 1 heterocycles. The highest BCUT2D eigenvalue weighted by atomic mass is 16.5. The van der Waals surface area contributed by atoms with E-state index in [1.54, 1.807) is 32.1 Å². The van der Waals surface area contributed by atoms with Gasteiger partial charge in [0.05, 0.1) is 19.9 Å². The van der Waals surface area contributed by atoms with Gasteiger partial charge in [0.15, 0.2) is 5.78 Å². The number of carbonyl (C=O) groups excluding carboxylic acids is 2. The molecule has 0 spiro atoms. The van der Waals surface area contributed by atoms with E-state index in [4.69, 9.17) is 9.47 Å². The van der Waals surface area contributed by atoms with Crippen molar-refractivity contribution in [1.29, 1.82) is 0 Å². The molecule has 0 N–H and O–H groups in total. The Kier molecular flexibility index (Phi) is 10.4. The summed E-state index contributed by atoms with van der Waals surface area (Å²) in [4.78, 5) is 30.0. The Balaban J connectivity index is 0.000000585. The Morgan fingerprint density at radius 2 is 1.63 bits per heavy atom. The van der Waals surface area contributed by atoms with Crippen molar-refractivity contribution in [2.24, 2.45) is 5.92 Å². The second-order valence-electron chi connectivity index (χ2n) is 10.7. The van der Waals surface area contributed by atoms with Crippen molar-refractivity contribution in [1.82, 2.24) is 4.90 Å². The number of hydrogen-bond donors (Lipinski definition) is 0. The molecule has 1 aliphatic carbocycles. The SMILES string of the molecule is CC1CCCC1.COc1ccc(OC)c2c1/C=C/C(=O)N(CCCc1ccccc1)C(C)(C(C)=O)CN2C.